The lowest BCUT2D eigenvalue weighted by Crippen LogP contribution is -2.50. The molecular formula is C16H17FN4O3S. The van der Waals surface area contributed by atoms with Crippen molar-refractivity contribution in [1.82, 2.24) is 19.2 Å². The second-order valence-corrected chi connectivity index (χ2v) is 7.63. The topological polar surface area (TPSA) is 83.5 Å². The average molecular weight is 364 g/mol. The molecule has 0 unspecified atom stereocenters. The van der Waals surface area contributed by atoms with Crippen molar-refractivity contribution in [3.63, 3.8) is 0 Å². The van der Waals surface area contributed by atoms with Crippen LogP contribution in [0.3, 0.4) is 0 Å². The Hall–Kier alpha value is -2.39. The molecule has 1 aromatic heterocycles. The quantitative estimate of drug-likeness (QED) is 0.814. The minimum absolute atomic E-state index is 0.0864. The van der Waals surface area contributed by atoms with E-state index in [1.165, 1.54) is 39.8 Å². The van der Waals surface area contributed by atoms with Crippen molar-refractivity contribution in [3.05, 3.63) is 53.9 Å². The number of hydrogen-bond donors (Lipinski definition) is 0. The van der Waals surface area contributed by atoms with E-state index in [4.69, 9.17) is 0 Å². The number of nitrogens with zero attached hydrogens (tertiary/aromatic N) is 4. The number of piperazine rings is 1. The van der Waals surface area contributed by atoms with E-state index in [0.29, 0.717) is 5.69 Å². The summed E-state index contributed by atoms with van der Waals surface area (Å²) in [6.07, 6.45) is 2.92. The van der Waals surface area contributed by atoms with Gasteiger partial charge in [-0.2, -0.15) is 4.31 Å². The normalized spacial score (nSPS) is 16.0. The van der Waals surface area contributed by atoms with Gasteiger partial charge in [0.2, 0.25) is 10.0 Å². The van der Waals surface area contributed by atoms with Gasteiger partial charge in [0.15, 0.2) is 0 Å². The maximum absolute atomic E-state index is 13.3. The molecular weight excluding hydrogens is 347 g/mol. The molecule has 0 N–H and O–H groups in total. The van der Waals surface area contributed by atoms with Gasteiger partial charge in [-0.25, -0.2) is 17.8 Å². The van der Waals surface area contributed by atoms with Crippen LogP contribution in [0.2, 0.25) is 0 Å². The Bertz CT molecular complexity index is 879. The Morgan fingerprint density at radius 3 is 2.44 bits per heavy atom. The first kappa shape index (κ1) is 17.4. The zero-order valence-corrected chi connectivity index (χ0v) is 14.4. The third-order valence-corrected chi connectivity index (χ3v) is 5.85. The summed E-state index contributed by atoms with van der Waals surface area (Å²) >= 11 is 0. The largest absolute Gasteiger partial charge is 0.335 e. The zero-order chi connectivity index (χ0) is 18.0. The van der Waals surface area contributed by atoms with Crippen LogP contribution >= 0.6 is 0 Å². The molecule has 0 radical (unpaired) electrons. The summed E-state index contributed by atoms with van der Waals surface area (Å²) < 4.78 is 39.7. The molecule has 132 valence electrons. The monoisotopic (exact) mass is 364 g/mol. The number of carbonyl (C=O) groups excluding carboxylic acids is 1. The molecule has 0 atom stereocenters. The molecule has 1 saturated heterocycles. The van der Waals surface area contributed by atoms with Crippen molar-refractivity contribution in [1.29, 1.82) is 0 Å². The lowest BCUT2D eigenvalue weighted by Gasteiger charge is -2.33. The molecule has 2 aromatic rings. The first-order valence-electron chi connectivity index (χ1n) is 7.71. The average Bonchev–Trinajstić information content (AvgIpc) is 2.62. The SMILES string of the molecule is Cc1cnc(C(=O)N2CCN(S(=O)(=O)c3cccc(F)c3)CC2)cn1. The molecule has 25 heavy (non-hydrogen) atoms. The number of halogens is 1. The summed E-state index contributed by atoms with van der Waals surface area (Å²) in [5.74, 6) is -0.886. The van der Waals surface area contributed by atoms with E-state index in [2.05, 4.69) is 9.97 Å². The molecule has 1 fully saturated rings. The van der Waals surface area contributed by atoms with E-state index in [-0.39, 0.29) is 42.7 Å². The van der Waals surface area contributed by atoms with Crippen molar-refractivity contribution in [3.8, 4) is 0 Å². The highest BCUT2D eigenvalue weighted by Crippen LogP contribution is 2.19. The van der Waals surface area contributed by atoms with E-state index in [1.807, 2.05) is 0 Å². The van der Waals surface area contributed by atoms with Crippen LogP contribution in [0.5, 0.6) is 0 Å². The molecule has 0 spiro atoms. The van der Waals surface area contributed by atoms with Crippen LogP contribution in [-0.4, -0.2) is 59.7 Å². The number of benzene rings is 1. The van der Waals surface area contributed by atoms with Gasteiger partial charge in [0.25, 0.3) is 5.91 Å². The molecule has 2 heterocycles. The fourth-order valence-electron chi connectivity index (χ4n) is 2.57. The van der Waals surface area contributed by atoms with Gasteiger partial charge in [0.05, 0.1) is 16.8 Å². The van der Waals surface area contributed by atoms with Gasteiger partial charge >= 0.3 is 0 Å². The maximum Gasteiger partial charge on any atom is 0.274 e. The summed E-state index contributed by atoms with van der Waals surface area (Å²) in [5.41, 5.74) is 0.939. The van der Waals surface area contributed by atoms with Crippen LogP contribution in [0.4, 0.5) is 4.39 Å². The first-order chi connectivity index (χ1) is 11.9. The molecule has 1 aliphatic rings. The molecule has 0 saturated carbocycles. The number of rotatable bonds is 3. The van der Waals surface area contributed by atoms with Crippen molar-refractivity contribution in [2.45, 2.75) is 11.8 Å². The Balaban J connectivity index is 1.69. The van der Waals surface area contributed by atoms with Gasteiger partial charge < -0.3 is 4.90 Å². The van der Waals surface area contributed by atoms with Crippen LogP contribution in [0.25, 0.3) is 0 Å². The number of hydrogen-bond acceptors (Lipinski definition) is 5. The smallest absolute Gasteiger partial charge is 0.274 e. The van der Waals surface area contributed by atoms with Gasteiger partial charge in [-0.1, -0.05) is 6.07 Å². The van der Waals surface area contributed by atoms with Crippen LogP contribution in [0, 0.1) is 12.7 Å². The Morgan fingerprint density at radius 2 is 1.84 bits per heavy atom. The van der Waals surface area contributed by atoms with Gasteiger partial charge in [0, 0.05) is 32.4 Å². The van der Waals surface area contributed by atoms with E-state index in [1.54, 1.807) is 6.92 Å². The molecule has 0 bridgehead atoms. The lowest BCUT2D eigenvalue weighted by molar-refractivity contribution is 0.0691. The number of carbonyl (C=O) groups is 1. The highest BCUT2D eigenvalue weighted by Gasteiger charge is 2.31. The van der Waals surface area contributed by atoms with Crippen molar-refractivity contribution in [2.24, 2.45) is 0 Å². The Kier molecular flexibility index (Phi) is 4.78. The summed E-state index contributed by atoms with van der Waals surface area (Å²) in [6.45, 7) is 2.54. The molecule has 1 aromatic carbocycles. The first-order valence-corrected chi connectivity index (χ1v) is 9.15. The number of aromatic nitrogens is 2. The zero-order valence-electron chi connectivity index (χ0n) is 13.6. The lowest BCUT2D eigenvalue weighted by atomic mass is 10.3. The van der Waals surface area contributed by atoms with E-state index >= 15 is 0 Å². The molecule has 1 aliphatic heterocycles. The van der Waals surface area contributed by atoms with Crippen LogP contribution < -0.4 is 0 Å². The van der Waals surface area contributed by atoms with Crippen molar-refractivity contribution < 1.29 is 17.6 Å². The summed E-state index contributed by atoms with van der Waals surface area (Å²) in [7, 11) is -3.78. The van der Waals surface area contributed by atoms with Crippen molar-refractivity contribution in [2.75, 3.05) is 26.2 Å². The predicted molar refractivity (Wildman–Crippen MR) is 87.8 cm³/mol. The highest BCUT2D eigenvalue weighted by atomic mass is 32.2. The summed E-state index contributed by atoms with van der Waals surface area (Å²) in [6, 6.07) is 4.91. The third-order valence-electron chi connectivity index (χ3n) is 3.96. The molecule has 9 heteroatoms. The fourth-order valence-corrected chi connectivity index (χ4v) is 4.03. The van der Waals surface area contributed by atoms with Gasteiger partial charge in [-0.3, -0.25) is 9.78 Å². The van der Waals surface area contributed by atoms with E-state index < -0.39 is 15.8 Å². The van der Waals surface area contributed by atoms with E-state index in [9.17, 15) is 17.6 Å². The standard InChI is InChI=1S/C16H17FN4O3S/c1-12-10-19-15(11-18-12)16(22)20-5-7-21(8-6-20)25(23,24)14-4-2-3-13(17)9-14/h2-4,9-11H,5-8H2,1H3. The molecule has 1 amide bonds. The van der Waals surface area contributed by atoms with Crippen LogP contribution in [0.15, 0.2) is 41.6 Å². The Labute approximate surface area is 145 Å². The minimum atomic E-state index is -3.78. The summed E-state index contributed by atoms with van der Waals surface area (Å²) in [5, 5.41) is 0. The fraction of sp³-hybridized carbons (Fsp3) is 0.312. The third kappa shape index (κ3) is 3.67. The highest BCUT2D eigenvalue weighted by molar-refractivity contribution is 7.89. The predicted octanol–water partition coefficient (Wildman–Crippen LogP) is 1.07. The number of amides is 1. The number of aryl methyl sites for hydroxylation is 1. The molecule has 7 nitrogen and oxygen atoms in total. The van der Waals surface area contributed by atoms with E-state index in [0.717, 1.165) is 6.07 Å². The van der Waals surface area contributed by atoms with Gasteiger partial charge in [-0.05, 0) is 25.1 Å². The summed E-state index contributed by atoms with van der Waals surface area (Å²) in [4.78, 5) is 21.9. The maximum atomic E-state index is 13.3. The second kappa shape index (κ2) is 6.85. The van der Waals surface area contributed by atoms with Crippen LogP contribution in [0.1, 0.15) is 16.2 Å². The minimum Gasteiger partial charge on any atom is -0.335 e. The van der Waals surface area contributed by atoms with Crippen molar-refractivity contribution >= 4 is 15.9 Å². The van der Waals surface area contributed by atoms with Gasteiger partial charge in [-0.15, -0.1) is 0 Å². The van der Waals surface area contributed by atoms with Gasteiger partial charge in [0.1, 0.15) is 11.5 Å². The second-order valence-electron chi connectivity index (χ2n) is 5.70. The Morgan fingerprint density at radius 1 is 1.12 bits per heavy atom. The van der Waals surface area contributed by atoms with Crippen LogP contribution in [-0.2, 0) is 10.0 Å². The number of sulfonamides is 1. The molecule has 0 aliphatic carbocycles. The molecule has 3 rings (SSSR count).